The van der Waals surface area contributed by atoms with Crippen molar-refractivity contribution in [3.05, 3.63) is 47.9 Å². The molecule has 0 radical (unpaired) electrons. The fraction of sp³-hybridized carbons (Fsp3) is 0.444. The molecule has 3 aromatic rings. The number of aromatic nitrogens is 6. The molecule has 24 heavy (non-hydrogen) atoms. The highest BCUT2D eigenvalue weighted by atomic mass is 15.3. The lowest BCUT2D eigenvalue weighted by Crippen LogP contribution is -2.08. The number of nitrogens with zero attached hydrogens (tertiary/aromatic N) is 6. The summed E-state index contributed by atoms with van der Waals surface area (Å²) in [6.45, 7) is 10.1. The van der Waals surface area contributed by atoms with Crippen LogP contribution >= 0.6 is 0 Å². The van der Waals surface area contributed by atoms with E-state index in [0.717, 1.165) is 42.5 Å². The van der Waals surface area contributed by atoms with Crippen molar-refractivity contribution in [1.82, 2.24) is 29.3 Å². The lowest BCUT2D eigenvalue weighted by Gasteiger charge is -2.10. The molecule has 3 heterocycles. The summed E-state index contributed by atoms with van der Waals surface area (Å²) in [5, 5.41) is 4.51. The van der Waals surface area contributed by atoms with E-state index < -0.39 is 0 Å². The fourth-order valence-electron chi connectivity index (χ4n) is 2.79. The third-order valence-electron chi connectivity index (χ3n) is 4.01. The second kappa shape index (κ2) is 6.95. The highest BCUT2D eigenvalue weighted by Gasteiger charge is 2.10. The van der Waals surface area contributed by atoms with E-state index in [9.17, 15) is 0 Å². The normalized spacial score (nSPS) is 11.4. The Kier molecular flexibility index (Phi) is 4.74. The third-order valence-corrected chi connectivity index (χ3v) is 4.01. The van der Waals surface area contributed by atoms with Gasteiger partial charge in [-0.25, -0.2) is 15.0 Å². The van der Waals surface area contributed by atoms with Gasteiger partial charge >= 0.3 is 0 Å². The number of rotatable bonds is 6. The van der Waals surface area contributed by atoms with Crippen LogP contribution in [0.5, 0.6) is 0 Å². The molecule has 0 saturated carbocycles. The maximum absolute atomic E-state index is 4.65. The molecule has 6 nitrogen and oxygen atoms in total. The molecule has 6 heteroatoms. The Morgan fingerprint density at radius 2 is 1.92 bits per heavy atom. The van der Waals surface area contributed by atoms with Gasteiger partial charge in [0.15, 0.2) is 5.82 Å². The number of aryl methyl sites for hydroxylation is 4. The van der Waals surface area contributed by atoms with Crippen molar-refractivity contribution in [1.29, 1.82) is 0 Å². The summed E-state index contributed by atoms with van der Waals surface area (Å²) in [5.41, 5.74) is 3.15. The molecule has 0 bridgehead atoms. The van der Waals surface area contributed by atoms with E-state index in [1.165, 1.54) is 5.69 Å². The first-order chi connectivity index (χ1) is 11.5. The van der Waals surface area contributed by atoms with Crippen LogP contribution in [0.1, 0.15) is 43.4 Å². The molecule has 0 amide bonds. The van der Waals surface area contributed by atoms with E-state index in [-0.39, 0.29) is 0 Å². The Morgan fingerprint density at radius 3 is 2.62 bits per heavy atom. The van der Waals surface area contributed by atoms with Gasteiger partial charge in [-0.15, -0.1) is 0 Å². The Morgan fingerprint density at radius 1 is 1.08 bits per heavy atom. The van der Waals surface area contributed by atoms with Crippen LogP contribution < -0.4 is 0 Å². The van der Waals surface area contributed by atoms with Crippen LogP contribution in [0.25, 0.3) is 11.5 Å². The molecule has 126 valence electrons. The van der Waals surface area contributed by atoms with E-state index >= 15 is 0 Å². The molecule has 0 aromatic carbocycles. The van der Waals surface area contributed by atoms with Gasteiger partial charge in [0, 0.05) is 43.3 Å². The maximum Gasteiger partial charge on any atom is 0.158 e. The number of hydrogen-bond donors (Lipinski definition) is 0. The van der Waals surface area contributed by atoms with Gasteiger partial charge < -0.3 is 4.57 Å². The average molecular weight is 324 g/mol. The van der Waals surface area contributed by atoms with Crippen molar-refractivity contribution in [2.75, 3.05) is 0 Å². The fourth-order valence-corrected chi connectivity index (χ4v) is 2.79. The van der Waals surface area contributed by atoms with Gasteiger partial charge in [0.1, 0.15) is 11.5 Å². The zero-order valence-electron chi connectivity index (χ0n) is 14.8. The lowest BCUT2D eigenvalue weighted by atomic mass is 10.2. The molecular formula is C18H24N6. The van der Waals surface area contributed by atoms with Gasteiger partial charge in [-0.1, -0.05) is 13.8 Å². The molecule has 0 fully saturated rings. The average Bonchev–Trinajstić information content (AvgIpc) is 3.14. The van der Waals surface area contributed by atoms with Crippen LogP contribution in [-0.4, -0.2) is 29.3 Å². The summed E-state index contributed by atoms with van der Waals surface area (Å²) < 4.78 is 4.21. The second-order valence-electron chi connectivity index (χ2n) is 6.40. The molecule has 0 aliphatic heterocycles. The molecule has 0 aliphatic rings. The van der Waals surface area contributed by atoms with Gasteiger partial charge in [0.05, 0.1) is 5.69 Å². The van der Waals surface area contributed by atoms with E-state index in [1.54, 1.807) is 0 Å². The van der Waals surface area contributed by atoms with Crippen molar-refractivity contribution in [2.45, 2.75) is 53.1 Å². The summed E-state index contributed by atoms with van der Waals surface area (Å²) >= 11 is 0. The van der Waals surface area contributed by atoms with E-state index in [2.05, 4.69) is 56.1 Å². The first-order valence-electron chi connectivity index (χ1n) is 8.40. The Bertz CT molecular complexity index is 815. The van der Waals surface area contributed by atoms with E-state index in [4.69, 9.17) is 0 Å². The summed E-state index contributed by atoms with van der Waals surface area (Å²) in [6, 6.07) is 4.03. The highest BCUT2D eigenvalue weighted by molar-refractivity contribution is 5.49. The summed E-state index contributed by atoms with van der Waals surface area (Å²) in [5.74, 6) is 2.05. The monoisotopic (exact) mass is 324 g/mol. The third kappa shape index (κ3) is 3.53. The van der Waals surface area contributed by atoms with Crippen molar-refractivity contribution in [2.24, 2.45) is 0 Å². The minimum atomic E-state index is 0.305. The molecule has 3 aromatic heterocycles. The molecule has 0 atom stereocenters. The summed E-state index contributed by atoms with van der Waals surface area (Å²) in [7, 11) is 0. The zero-order valence-corrected chi connectivity index (χ0v) is 14.8. The van der Waals surface area contributed by atoms with Gasteiger partial charge in [0.2, 0.25) is 0 Å². The molecular weight excluding hydrogens is 300 g/mol. The Hall–Kier alpha value is -2.50. The number of hydrogen-bond acceptors (Lipinski definition) is 4. The predicted octanol–water partition coefficient (Wildman–Crippen LogP) is 3.37. The Labute approximate surface area is 142 Å². The molecule has 0 saturated heterocycles. The van der Waals surface area contributed by atoms with Gasteiger partial charge in [-0.05, 0) is 32.4 Å². The van der Waals surface area contributed by atoms with Crippen molar-refractivity contribution in [3.63, 3.8) is 0 Å². The first-order valence-corrected chi connectivity index (χ1v) is 8.40. The van der Waals surface area contributed by atoms with Crippen molar-refractivity contribution in [3.8, 4) is 11.5 Å². The van der Waals surface area contributed by atoms with Gasteiger partial charge in [-0.2, -0.15) is 5.10 Å². The predicted molar refractivity (Wildman–Crippen MR) is 93.7 cm³/mol. The smallest absolute Gasteiger partial charge is 0.158 e. The summed E-state index contributed by atoms with van der Waals surface area (Å²) in [6.07, 6.45) is 6.64. The molecule has 0 unspecified atom stereocenters. The van der Waals surface area contributed by atoms with Crippen LogP contribution in [0, 0.1) is 13.8 Å². The van der Waals surface area contributed by atoms with Crippen LogP contribution in [0.4, 0.5) is 0 Å². The largest absolute Gasteiger partial charge is 0.330 e. The van der Waals surface area contributed by atoms with Crippen LogP contribution in [0.15, 0.2) is 30.7 Å². The van der Waals surface area contributed by atoms with Crippen LogP contribution in [0.2, 0.25) is 0 Å². The number of imidazole rings is 1. The van der Waals surface area contributed by atoms with Gasteiger partial charge in [0.25, 0.3) is 0 Å². The Balaban J connectivity index is 1.71. The SMILES string of the molecule is Cc1cc(C)n(CCCn2ccnc2-c2ccnc(C(C)C)n2)n1. The van der Waals surface area contributed by atoms with Crippen LogP contribution in [-0.2, 0) is 13.1 Å². The van der Waals surface area contributed by atoms with Crippen molar-refractivity contribution >= 4 is 0 Å². The maximum atomic E-state index is 4.65. The quantitative estimate of drug-likeness (QED) is 0.697. The molecule has 0 N–H and O–H groups in total. The second-order valence-corrected chi connectivity index (χ2v) is 6.40. The van der Waals surface area contributed by atoms with Crippen LogP contribution in [0.3, 0.4) is 0 Å². The van der Waals surface area contributed by atoms with Crippen molar-refractivity contribution < 1.29 is 0 Å². The zero-order chi connectivity index (χ0) is 17.1. The highest BCUT2D eigenvalue weighted by Crippen LogP contribution is 2.18. The minimum Gasteiger partial charge on any atom is -0.330 e. The molecule has 0 aliphatic carbocycles. The standard InChI is InChI=1S/C18H24N6/c1-13(2)17-19-7-6-16(21-17)18-20-8-11-23(18)9-5-10-24-15(4)12-14(3)22-24/h6-8,11-13H,5,9-10H2,1-4H3. The lowest BCUT2D eigenvalue weighted by molar-refractivity contribution is 0.518. The van der Waals surface area contributed by atoms with Gasteiger partial charge in [-0.3, -0.25) is 4.68 Å². The molecule has 0 spiro atoms. The minimum absolute atomic E-state index is 0.305. The topological polar surface area (TPSA) is 61.4 Å². The first kappa shape index (κ1) is 16.4. The molecule has 3 rings (SSSR count). The van der Waals surface area contributed by atoms with E-state index in [1.807, 2.05) is 31.6 Å². The summed E-state index contributed by atoms with van der Waals surface area (Å²) in [4.78, 5) is 13.5. The van der Waals surface area contributed by atoms with E-state index in [0.29, 0.717) is 5.92 Å².